The molecule has 9 nitrogen and oxygen atoms in total. The molecule has 0 aromatic carbocycles. The normalized spacial score (nSPS) is 27.3. The van der Waals surface area contributed by atoms with E-state index in [9.17, 15) is 14.4 Å². The van der Waals surface area contributed by atoms with Crippen molar-refractivity contribution in [1.29, 1.82) is 0 Å². The third-order valence-corrected chi connectivity index (χ3v) is 7.65. The third-order valence-electron chi connectivity index (χ3n) is 6.72. The van der Waals surface area contributed by atoms with Gasteiger partial charge in [0.2, 0.25) is 11.8 Å². The van der Waals surface area contributed by atoms with Crippen molar-refractivity contribution < 1.29 is 14.4 Å². The zero-order valence-corrected chi connectivity index (χ0v) is 19.3. The lowest BCUT2D eigenvalue weighted by molar-refractivity contribution is -0.140. The fourth-order valence-corrected chi connectivity index (χ4v) is 5.47. The summed E-state index contributed by atoms with van der Waals surface area (Å²) in [5, 5.41) is 7.79. The lowest BCUT2D eigenvalue weighted by atomic mass is 10.1. The molecule has 32 heavy (non-hydrogen) atoms. The number of aromatic nitrogens is 3. The second-order valence-electron chi connectivity index (χ2n) is 9.14. The van der Waals surface area contributed by atoms with Crippen LogP contribution in [0.5, 0.6) is 0 Å². The number of pyridine rings is 1. The van der Waals surface area contributed by atoms with Crippen molar-refractivity contribution in [3.63, 3.8) is 0 Å². The number of halogens is 2. The summed E-state index contributed by atoms with van der Waals surface area (Å²) in [6.07, 6.45) is 2.19. The van der Waals surface area contributed by atoms with Gasteiger partial charge in [-0.05, 0) is 45.1 Å². The summed E-state index contributed by atoms with van der Waals surface area (Å²) in [6.45, 7) is 3.92. The Kier molecular flexibility index (Phi) is 4.90. The highest BCUT2D eigenvalue weighted by Gasteiger charge is 2.56. The van der Waals surface area contributed by atoms with Gasteiger partial charge in [-0.3, -0.25) is 24.0 Å². The zero-order chi connectivity index (χ0) is 22.9. The van der Waals surface area contributed by atoms with Gasteiger partial charge in [0.25, 0.3) is 5.91 Å². The average molecular weight is 479 g/mol. The van der Waals surface area contributed by atoms with Crippen molar-refractivity contribution in [3.8, 4) is 0 Å². The fourth-order valence-electron chi connectivity index (χ4n) is 4.94. The van der Waals surface area contributed by atoms with E-state index in [0.29, 0.717) is 41.9 Å². The Morgan fingerprint density at radius 1 is 1.28 bits per heavy atom. The molecule has 170 valence electrons. The van der Waals surface area contributed by atoms with E-state index in [2.05, 4.69) is 15.4 Å². The molecule has 3 amide bonds. The number of alkyl halides is 2. The molecule has 0 spiro atoms. The van der Waals surface area contributed by atoms with Gasteiger partial charge in [0, 0.05) is 29.6 Å². The van der Waals surface area contributed by atoms with Crippen LogP contribution in [0, 0.1) is 25.7 Å². The van der Waals surface area contributed by atoms with Crippen LogP contribution in [0.3, 0.4) is 0 Å². The van der Waals surface area contributed by atoms with Crippen molar-refractivity contribution in [1.82, 2.24) is 25.0 Å². The number of nitrogens with zero attached hydrogens (tertiary/aromatic N) is 4. The third kappa shape index (κ3) is 3.61. The van der Waals surface area contributed by atoms with Crippen molar-refractivity contribution >= 4 is 51.8 Å². The maximum Gasteiger partial charge on any atom is 0.269 e. The molecule has 3 fully saturated rings. The van der Waals surface area contributed by atoms with E-state index in [1.807, 2.05) is 6.92 Å². The van der Waals surface area contributed by atoms with Crippen LogP contribution < -0.4 is 11.1 Å². The molecular formula is C21H24Cl2N6O3. The van der Waals surface area contributed by atoms with Crippen molar-refractivity contribution in [2.45, 2.75) is 56.1 Å². The molecule has 2 aromatic heterocycles. The summed E-state index contributed by atoms with van der Waals surface area (Å²) in [5.41, 5.74) is 7.61. The highest BCUT2D eigenvalue weighted by Crippen LogP contribution is 2.53. The first kappa shape index (κ1) is 21.5. The first-order valence-electron chi connectivity index (χ1n) is 10.7. The number of carbonyl (C=O) groups excluding carboxylic acids is 3. The summed E-state index contributed by atoms with van der Waals surface area (Å²) in [5.74, 6) is -0.681. The van der Waals surface area contributed by atoms with E-state index in [0.717, 1.165) is 12.1 Å². The Morgan fingerprint density at radius 2 is 2.00 bits per heavy atom. The molecule has 11 heteroatoms. The summed E-state index contributed by atoms with van der Waals surface area (Å²) < 4.78 is 0.716. The number of rotatable bonds is 6. The number of nitrogens with two attached hydrogens (primary N) is 1. The molecule has 3 heterocycles. The first-order valence-corrected chi connectivity index (χ1v) is 11.4. The van der Waals surface area contributed by atoms with Crippen LogP contribution in [-0.4, -0.2) is 60.3 Å². The molecular weight excluding hydrogens is 455 g/mol. The van der Waals surface area contributed by atoms with E-state index >= 15 is 0 Å². The molecule has 1 unspecified atom stereocenters. The minimum Gasteiger partial charge on any atom is -0.364 e. The van der Waals surface area contributed by atoms with Crippen LogP contribution in [0.2, 0.25) is 0 Å². The van der Waals surface area contributed by atoms with Gasteiger partial charge >= 0.3 is 0 Å². The topological polar surface area (TPSA) is 123 Å². The van der Waals surface area contributed by atoms with Crippen molar-refractivity contribution in [2.75, 3.05) is 6.54 Å². The number of hydrogen-bond acceptors (Lipinski definition) is 5. The predicted molar refractivity (Wildman–Crippen MR) is 118 cm³/mol. The number of aryl methyl sites for hydroxylation is 2. The maximum absolute atomic E-state index is 13.3. The average Bonchev–Trinajstić information content (AvgIpc) is 3.48. The largest absolute Gasteiger partial charge is 0.364 e. The van der Waals surface area contributed by atoms with Gasteiger partial charge in [-0.15, -0.1) is 23.2 Å². The van der Waals surface area contributed by atoms with Crippen LogP contribution in [0.15, 0.2) is 6.07 Å². The van der Waals surface area contributed by atoms with Gasteiger partial charge in [-0.25, -0.2) is 0 Å². The lowest BCUT2D eigenvalue weighted by Gasteiger charge is -2.27. The summed E-state index contributed by atoms with van der Waals surface area (Å²) >= 11 is 12.1. The lowest BCUT2D eigenvalue weighted by Crippen LogP contribution is -2.49. The molecule has 2 aliphatic carbocycles. The molecule has 5 rings (SSSR count). The van der Waals surface area contributed by atoms with Gasteiger partial charge in [-0.2, -0.15) is 5.10 Å². The molecule has 0 radical (unpaired) electrons. The zero-order valence-electron chi connectivity index (χ0n) is 17.8. The smallest absolute Gasteiger partial charge is 0.269 e. The molecule has 2 aromatic rings. The van der Waals surface area contributed by atoms with E-state index in [1.165, 1.54) is 4.68 Å². The molecule has 1 saturated heterocycles. The molecule has 2 saturated carbocycles. The first-order chi connectivity index (χ1) is 15.1. The second kappa shape index (κ2) is 7.31. The SMILES string of the molecule is Cc1cc2c(C(N)=O)nn(CC(=O)N3[C@@H]4C[C@@H]4C[C@H]3C(=O)NCC3CC3(Cl)Cl)c2c(C)n1. The fraction of sp³-hybridized carbons (Fsp3) is 0.571. The van der Waals surface area contributed by atoms with E-state index in [-0.39, 0.29) is 36.0 Å². The minimum absolute atomic E-state index is 0.0384. The van der Waals surface area contributed by atoms with E-state index < -0.39 is 16.3 Å². The molecule has 0 bridgehead atoms. The number of amides is 3. The molecule has 4 atom stereocenters. The van der Waals surface area contributed by atoms with Crippen molar-refractivity contribution in [2.24, 2.45) is 17.6 Å². The number of carbonyl (C=O) groups is 3. The van der Waals surface area contributed by atoms with E-state index in [1.54, 1.807) is 17.9 Å². The Hall–Kier alpha value is -2.39. The summed E-state index contributed by atoms with van der Waals surface area (Å²) in [7, 11) is 0. The summed E-state index contributed by atoms with van der Waals surface area (Å²) in [4.78, 5) is 44.2. The van der Waals surface area contributed by atoms with E-state index in [4.69, 9.17) is 28.9 Å². The van der Waals surface area contributed by atoms with Crippen LogP contribution in [-0.2, 0) is 16.1 Å². The Balaban J connectivity index is 1.36. The minimum atomic E-state index is -0.760. The van der Waals surface area contributed by atoms with Gasteiger partial charge in [0.1, 0.15) is 16.9 Å². The highest BCUT2D eigenvalue weighted by atomic mass is 35.5. The highest BCUT2D eigenvalue weighted by molar-refractivity contribution is 6.50. The Morgan fingerprint density at radius 3 is 2.66 bits per heavy atom. The maximum atomic E-state index is 13.3. The van der Waals surface area contributed by atoms with Gasteiger partial charge < -0.3 is 16.0 Å². The number of fused-ring (bicyclic) bond motifs is 2. The second-order valence-corrected chi connectivity index (χ2v) is 10.7. The monoisotopic (exact) mass is 478 g/mol. The predicted octanol–water partition coefficient (Wildman–Crippen LogP) is 1.45. The number of likely N-dealkylation sites (tertiary alicyclic amines) is 1. The quantitative estimate of drug-likeness (QED) is 0.608. The molecule has 3 N–H and O–H groups in total. The number of nitrogens with one attached hydrogen (secondary N) is 1. The Bertz CT molecular complexity index is 1160. The molecule has 1 aliphatic heterocycles. The van der Waals surface area contributed by atoms with Crippen LogP contribution >= 0.6 is 23.2 Å². The van der Waals surface area contributed by atoms with Gasteiger partial charge in [0.05, 0.1) is 11.2 Å². The van der Waals surface area contributed by atoms with Crippen LogP contribution in [0.25, 0.3) is 10.9 Å². The van der Waals surface area contributed by atoms with Gasteiger partial charge in [0.15, 0.2) is 5.69 Å². The number of hydrogen-bond donors (Lipinski definition) is 2. The van der Waals surface area contributed by atoms with Crippen LogP contribution in [0.1, 0.15) is 41.1 Å². The number of piperidine rings is 1. The Labute approximate surface area is 194 Å². The molecule has 3 aliphatic rings. The van der Waals surface area contributed by atoms with Gasteiger partial charge in [-0.1, -0.05) is 0 Å². The standard InChI is InChI=1S/C21H24Cl2N6O3/c1-9-3-13-17(19(24)31)27-28(18(13)10(2)26-9)8-16(30)29-14-4-11(14)5-15(29)20(32)25-7-12-6-21(12,22)23/h3,11-12,14-15H,4-8H2,1-2H3,(H2,24,31)(H,25,32)/t11-,12?,14-,15+/m1/s1. The van der Waals surface area contributed by atoms with Crippen molar-refractivity contribution in [3.05, 3.63) is 23.1 Å². The summed E-state index contributed by atoms with van der Waals surface area (Å²) in [6, 6.07) is 1.28. The van der Waals surface area contributed by atoms with Crippen LogP contribution in [0.4, 0.5) is 0 Å². The number of primary amides is 1.